The summed E-state index contributed by atoms with van der Waals surface area (Å²) in [6.07, 6.45) is 0. The van der Waals surface area contributed by atoms with Crippen LogP contribution in [0.2, 0.25) is 0 Å². The monoisotopic (exact) mass is 418 g/mol. The number of aromatic nitrogens is 2. The Hall–Kier alpha value is -3.59. The molecule has 148 valence electrons. The van der Waals surface area contributed by atoms with Crippen molar-refractivity contribution in [3.8, 4) is 0 Å². The van der Waals surface area contributed by atoms with Crippen LogP contribution < -0.4 is 15.5 Å². The molecule has 0 radical (unpaired) electrons. The molecule has 0 unspecified atom stereocenters. The Morgan fingerprint density at radius 2 is 1.43 bits per heavy atom. The average Bonchev–Trinajstić information content (AvgIpc) is 2.75. The summed E-state index contributed by atoms with van der Waals surface area (Å²) in [5.74, 6) is -0.147. The topological polar surface area (TPSA) is 84.0 Å². The van der Waals surface area contributed by atoms with E-state index in [9.17, 15) is 12.8 Å². The van der Waals surface area contributed by atoms with Crippen LogP contribution in [0.5, 0.6) is 0 Å². The van der Waals surface area contributed by atoms with Crippen molar-refractivity contribution in [2.45, 2.75) is 4.90 Å². The Kier molecular flexibility index (Phi) is 5.28. The molecule has 0 aliphatic rings. The van der Waals surface area contributed by atoms with E-state index in [1.165, 1.54) is 36.4 Å². The van der Waals surface area contributed by atoms with Gasteiger partial charge in [0.2, 0.25) is 0 Å². The van der Waals surface area contributed by atoms with Crippen LogP contribution in [0.15, 0.2) is 77.7 Å². The van der Waals surface area contributed by atoms with Gasteiger partial charge in [-0.3, -0.25) is 0 Å². The van der Waals surface area contributed by atoms with Crippen molar-refractivity contribution in [2.24, 2.45) is 0 Å². The third-order valence-corrected chi connectivity index (χ3v) is 5.69. The summed E-state index contributed by atoms with van der Waals surface area (Å²) in [6.45, 7) is 5.29. The van der Waals surface area contributed by atoms with Gasteiger partial charge in [0.25, 0.3) is 0 Å². The molecule has 0 spiro atoms. The molecule has 0 saturated carbocycles. The molecule has 0 aliphatic carbocycles. The Labute approximate surface area is 173 Å². The van der Waals surface area contributed by atoms with E-state index < -0.39 is 10.0 Å². The zero-order valence-electron chi connectivity index (χ0n) is 15.7. The average molecular weight is 418 g/mol. The van der Waals surface area contributed by atoms with E-state index in [0.29, 0.717) is 16.7 Å². The molecule has 0 bridgehead atoms. The molecule has 0 atom stereocenters. The van der Waals surface area contributed by atoms with Gasteiger partial charge in [-0.2, -0.15) is 0 Å². The van der Waals surface area contributed by atoms with Gasteiger partial charge in [0.1, 0.15) is 5.82 Å². The number of rotatable bonds is 6. The summed E-state index contributed by atoms with van der Waals surface area (Å²) >= 11 is 0. The maximum absolute atomic E-state index is 13.2. The molecule has 30 heavy (non-hydrogen) atoms. The number of benzene rings is 3. The van der Waals surface area contributed by atoms with Gasteiger partial charge in [-0.1, -0.05) is 0 Å². The van der Waals surface area contributed by atoms with E-state index in [2.05, 4.69) is 26.5 Å². The first-order valence-electron chi connectivity index (χ1n) is 8.99. The van der Waals surface area contributed by atoms with Crippen LogP contribution in [0.25, 0.3) is 11.0 Å². The quantitative estimate of drug-likeness (QED) is 0.471. The number of nitrogens with zero attached hydrogens (tertiary/aromatic N) is 2. The summed E-state index contributed by atoms with van der Waals surface area (Å²) < 4.78 is 41.5. The molecule has 0 saturated heterocycles. The van der Waals surface area contributed by atoms with Gasteiger partial charge in [-0.25, -0.2) is 4.39 Å². The van der Waals surface area contributed by atoms with Crippen LogP contribution in [-0.4, -0.2) is 31.8 Å². The number of hydrogen-bond donors (Lipinski definition) is 2. The molecule has 1 heterocycles. The summed E-state index contributed by atoms with van der Waals surface area (Å²) in [4.78, 5) is 9.00. The first-order chi connectivity index (χ1) is 14.4. The van der Waals surface area contributed by atoms with Gasteiger partial charge >= 0.3 is 163 Å². The second-order valence-electron chi connectivity index (χ2n) is 6.42. The molecular weight excluding hydrogens is 402 g/mol. The van der Waals surface area contributed by atoms with Crippen LogP contribution in [0.1, 0.15) is 0 Å². The van der Waals surface area contributed by atoms with E-state index in [4.69, 9.17) is 0 Å². The van der Waals surface area contributed by atoms with Crippen molar-refractivity contribution in [1.82, 2.24) is 9.97 Å². The van der Waals surface area contributed by atoms with Crippen molar-refractivity contribution in [2.75, 3.05) is 10.0 Å². The third-order valence-electron chi connectivity index (χ3n) is 4.33. The number of fused-ring (bicyclic) bond motifs is 1. The van der Waals surface area contributed by atoms with Crippen LogP contribution >= 0.6 is 0 Å². The fraction of sp³-hybridized carbons (Fsp3) is 0. The van der Waals surface area contributed by atoms with Crippen molar-refractivity contribution >= 4 is 57.2 Å². The van der Waals surface area contributed by atoms with Crippen molar-refractivity contribution < 1.29 is 12.8 Å². The first-order valence-corrected chi connectivity index (χ1v) is 10.5. The molecule has 1 aromatic heterocycles. The van der Waals surface area contributed by atoms with E-state index in [0.717, 1.165) is 5.46 Å². The van der Waals surface area contributed by atoms with Gasteiger partial charge in [0, 0.05) is 0 Å². The maximum atomic E-state index is 13.2. The first kappa shape index (κ1) is 19.7. The minimum absolute atomic E-state index is 0.0332. The normalized spacial score (nSPS) is 11.1. The fourth-order valence-corrected chi connectivity index (χ4v) is 3.81. The number of nitrogens with one attached hydrogen (secondary N) is 2. The van der Waals surface area contributed by atoms with Crippen LogP contribution in [0, 0.1) is 5.82 Å². The summed E-state index contributed by atoms with van der Waals surface area (Å²) in [5.41, 5.74) is 2.46. The molecule has 2 N–H and O–H groups in total. The SMILES string of the molecule is C=Bc1ccc(S(=O)(=O)Nc2nc3ccccc3nc2Nc2ccc(F)cc2)cc1. The Balaban J connectivity index is 1.75. The molecule has 0 aliphatic heterocycles. The second kappa shape index (κ2) is 8.04. The summed E-state index contributed by atoms with van der Waals surface area (Å²) in [5, 5.41) is 3.00. The molecule has 6 nitrogen and oxygen atoms in total. The van der Waals surface area contributed by atoms with Crippen molar-refractivity contribution in [1.29, 1.82) is 0 Å². The zero-order chi connectivity index (χ0) is 21.1. The zero-order valence-corrected chi connectivity index (χ0v) is 16.5. The summed E-state index contributed by atoms with van der Waals surface area (Å²) in [6, 6.07) is 19.0. The van der Waals surface area contributed by atoms with Gasteiger partial charge < -0.3 is 0 Å². The standard InChI is InChI=1S/C21H16BFN4O2S/c1-22-14-6-12-17(13-7-14)30(28,29)27-21-20(24-16-10-8-15(23)9-11-16)25-18-4-2-3-5-19(18)26-21/h2-13H,1H2,(H,24,25)(H,26,27). The molecule has 0 fully saturated rings. The number of hydrogen-bond acceptors (Lipinski definition) is 5. The number of anilines is 3. The molecule has 3 aromatic carbocycles. The van der Waals surface area contributed by atoms with E-state index in [-0.39, 0.29) is 22.3 Å². The number of sulfonamides is 1. The second-order valence-corrected chi connectivity index (χ2v) is 8.10. The van der Waals surface area contributed by atoms with Crippen LogP contribution in [-0.2, 0) is 10.0 Å². The van der Waals surface area contributed by atoms with Gasteiger partial charge in [0.05, 0.1) is 0 Å². The number of para-hydroxylation sites is 2. The summed E-state index contributed by atoms with van der Waals surface area (Å²) in [7, 11) is -3.92. The van der Waals surface area contributed by atoms with E-state index >= 15 is 0 Å². The molecule has 4 rings (SSSR count). The van der Waals surface area contributed by atoms with Gasteiger partial charge in [0.15, 0.2) is 0 Å². The number of halogens is 1. The minimum atomic E-state index is -3.92. The molecule has 4 aromatic rings. The molecule has 9 heteroatoms. The third kappa shape index (κ3) is 4.21. The van der Waals surface area contributed by atoms with Gasteiger partial charge in [-0.15, -0.1) is 0 Å². The fourth-order valence-electron chi connectivity index (χ4n) is 2.80. The van der Waals surface area contributed by atoms with Crippen molar-refractivity contribution in [3.63, 3.8) is 0 Å². The predicted molar refractivity (Wildman–Crippen MR) is 119 cm³/mol. The van der Waals surface area contributed by atoms with E-state index in [1.54, 1.807) is 37.3 Å². The van der Waals surface area contributed by atoms with Crippen LogP contribution in [0.3, 0.4) is 0 Å². The molecular formula is C21H16BFN4O2S. The molecule has 0 amide bonds. The van der Waals surface area contributed by atoms with Crippen molar-refractivity contribution in [3.05, 3.63) is 78.6 Å². The Morgan fingerprint density at radius 3 is 2.03 bits per heavy atom. The van der Waals surface area contributed by atoms with Crippen LogP contribution in [0.4, 0.5) is 21.7 Å². The predicted octanol–water partition coefficient (Wildman–Crippen LogP) is 3.07. The Bertz CT molecular complexity index is 1330. The Morgan fingerprint density at radius 1 is 0.833 bits per heavy atom. The van der Waals surface area contributed by atoms with E-state index in [1.807, 2.05) is 6.07 Å². The van der Waals surface area contributed by atoms with Gasteiger partial charge in [-0.05, 0) is 0 Å².